The standard InChI is InChI=1S/C2H5NO4S2/c1-2(4)3-8-9(5,6)7/h1H3,(H,3,4)(H,5,6,7). The molecule has 0 heterocycles. The predicted octanol–water partition coefficient (Wildman–Crippen LogP) is -0.426. The molecule has 0 rings (SSSR count). The van der Waals surface area contributed by atoms with Gasteiger partial charge in [0.15, 0.2) is 0 Å². The van der Waals surface area contributed by atoms with Crippen molar-refractivity contribution >= 4 is 26.0 Å². The summed E-state index contributed by atoms with van der Waals surface area (Å²) in [6.07, 6.45) is 0. The van der Waals surface area contributed by atoms with Gasteiger partial charge in [-0.2, -0.15) is 8.42 Å². The van der Waals surface area contributed by atoms with Crippen molar-refractivity contribution < 1.29 is 17.8 Å². The fourth-order valence-electron chi connectivity index (χ4n) is 0.111. The summed E-state index contributed by atoms with van der Waals surface area (Å²) in [5.74, 6) is -0.530. The number of hydrogen-bond acceptors (Lipinski definition) is 4. The average molecular weight is 171 g/mol. The van der Waals surface area contributed by atoms with Crippen molar-refractivity contribution in [3.05, 3.63) is 0 Å². The summed E-state index contributed by atoms with van der Waals surface area (Å²) in [7, 11) is -4.16. The minimum atomic E-state index is -4.13. The number of rotatable bonds is 2. The molecule has 0 aromatic heterocycles. The van der Waals surface area contributed by atoms with Crippen LogP contribution in [0.3, 0.4) is 0 Å². The molecular weight excluding hydrogens is 166 g/mol. The van der Waals surface area contributed by atoms with Crippen molar-refractivity contribution in [1.29, 1.82) is 0 Å². The maximum atomic E-state index is 9.98. The zero-order valence-electron chi connectivity index (χ0n) is 4.49. The van der Waals surface area contributed by atoms with E-state index in [1.807, 2.05) is 4.72 Å². The molecule has 9 heavy (non-hydrogen) atoms. The van der Waals surface area contributed by atoms with Crippen LogP contribution in [-0.4, -0.2) is 18.9 Å². The van der Waals surface area contributed by atoms with Gasteiger partial charge in [0, 0.05) is 6.92 Å². The predicted molar refractivity (Wildman–Crippen MR) is 33.0 cm³/mol. The first kappa shape index (κ1) is 8.73. The molecule has 0 aliphatic carbocycles. The number of nitrogens with one attached hydrogen (secondary N) is 1. The molecule has 0 aliphatic heterocycles. The van der Waals surface area contributed by atoms with E-state index in [9.17, 15) is 13.2 Å². The largest absolute Gasteiger partial charge is 0.339 e. The van der Waals surface area contributed by atoms with E-state index in [4.69, 9.17) is 4.55 Å². The van der Waals surface area contributed by atoms with E-state index in [0.29, 0.717) is 0 Å². The Kier molecular flexibility index (Phi) is 2.95. The quantitative estimate of drug-likeness (QED) is 0.335. The lowest BCUT2D eigenvalue weighted by Gasteiger charge is -1.93. The van der Waals surface area contributed by atoms with E-state index < -0.39 is 15.1 Å². The molecule has 0 spiro atoms. The summed E-state index contributed by atoms with van der Waals surface area (Å²) in [5, 5.41) is 0. The van der Waals surface area contributed by atoms with Gasteiger partial charge < -0.3 is 0 Å². The van der Waals surface area contributed by atoms with Crippen molar-refractivity contribution in [2.45, 2.75) is 6.92 Å². The fourth-order valence-corrected chi connectivity index (χ4v) is 1.00. The molecule has 0 saturated heterocycles. The summed E-state index contributed by atoms with van der Waals surface area (Å²) in [4.78, 5) is 9.98. The summed E-state index contributed by atoms with van der Waals surface area (Å²) in [6, 6.07) is 0. The molecule has 0 aromatic carbocycles. The highest BCUT2D eigenvalue weighted by Gasteiger charge is 2.04. The summed E-state index contributed by atoms with van der Waals surface area (Å²) >= 11 is 0. The molecule has 0 aromatic rings. The van der Waals surface area contributed by atoms with Gasteiger partial charge in [0.1, 0.15) is 11.0 Å². The van der Waals surface area contributed by atoms with Crippen molar-refractivity contribution in [2.75, 3.05) is 0 Å². The van der Waals surface area contributed by atoms with Gasteiger partial charge in [-0.25, -0.2) is 0 Å². The van der Waals surface area contributed by atoms with Crippen LogP contribution in [-0.2, 0) is 13.9 Å². The molecule has 0 bridgehead atoms. The van der Waals surface area contributed by atoms with Gasteiger partial charge >= 0.3 is 9.15 Å². The molecule has 5 nitrogen and oxygen atoms in total. The van der Waals surface area contributed by atoms with Crippen molar-refractivity contribution in [1.82, 2.24) is 4.72 Å². The Morgan fingerprint density at radius 2 is 2.11 bits per heavy atom. The van der Waals surface area contributed by atoms with E-state index in [1.54, 1.807) is 0 Å². The Labute approximate surface area is 56.1 Å². The van der Waals surface area contributed by atoms with Gasteiger partial charge in [0.2, 0.25) is 5.91 Å². The van der Waals surface area contributed by atoms with Gasteiger partial charge in [0.25, 0.3) is 0 Å². The van der Waals surface area contributed by atoms with E-state index in [0.717, 1.165) is 6.92 Å². The highest BCUT2D eigenvalue weighted by Crippen LogP contribution is 2.01. The summed E-state index contributed by atoms with van der Waals surface area (Å²) in [6.45, 7) is 1.14. The van der Waals surface area contributed by atoms with Gasteiger partial charge in [-0.15, -0.1) is 0 Å². The van der Waals surface area contributed by atoms with Crippen LogP contribution < -0.4 is 4.72 Å². The molecule has 7 heteroatoms. The highest BCUT2D eigenvalue weighted by atomic mass is 33.2. The lowest BCUT2D eigenvalue weighted by atomic mass is 10.8. The molecule has 0 saturated carbocycles. The van der Waals surface area contributed by atoms with Crippen LogP contribution >= 0.6 is 11.0 Å². The second-order valence-electron chi connectivity index (χ2n) is 1.17. The minimum absolute atomic E-state index is 0.0301. The first-order valence-electron chi connectivity index (χ1n) is 1.84. The lowest BCUT2D eigenvalue weighted by molar-refractivity contribution is -0.117. The number of hydrogen-bond donors (Lipinski definition) is 2. The topological polar surface area (TPSA) is 83.5 Å². The van der Waals surface area contributed by atoms with Crippen LogP contribution in [0.25, 0.3) is 0 Å². The van der Waals surface area contributed by atoms with Gasteiger partial charge in [-0.05, 0) is 0 Å². The Hall–Kier alpha value is -0.270. The second-order valence-corrected chi connectivity index (χ2v) is 4.16. The van der Waals surface area contributed by atoms with Gasteiger partial charge in [0.05, 0.1) is 0 Å². The number of amides is 1. The Morgan fingerprint density at radius 1 is 1.67 bits per heavy atom. The monoisotopic (exact) mass is 171 g/mol. The third-order valence-electron chi connectivity index (χ3n) is 0.291. The van der Waals surface area contributed by atoms with E-state index in [2.05, 4.69) is 0 Å². The molecule has 0 fully saturated rings. The summed E-state index contributed by atoms with van der Waals surface area (Å²) < 4.78 is 29.5. The zero-order chi connectivity index (χ0) is 7.49. The fraction of sp³-hybridized carbons (Fsp3) is 0.500. The Morgan fingerprint density at radius 3 is 2.22 bits per heavy atom. The molecular formula is C2H5NO4S2. The first-order valence-corrected chi connectivity index (χ1v) is 4.61. The number of carbonyl (C=O) groups is 1. The summed E-state index contributed by atoms with van der Waals surface area (Å²) in [5.41, 5.74) is 0. The Bertz CT molecular complexity index is 195. The maximum absolute atomic E-state index is 9.98. The first-order chi connectivity index (χ1) is 3.92. The third kappa shape index (κ3) is 7.73. The second kappa shape index (κ2) is 3.04. The lowest BCUT2D eigenvalue weighted by Crippen LogP contribution is -2.13. The van der Waals surface area contributed by atoms with Crippen LogP contribution in [0.4, 0.5) is 0 Å². The molecule has 0 radical (unpaired) electrons. The SMILES string of the molecule is CC(=O)NSS(=O)(=O)O. The molecule has 0 atom stereocenters. The van der Waals surface area contributed by atoms with Crippen molar-refractivity contribution in [3.8, 4) is 0 Å². The van der Waals surface area contributed by atoms with E-state index >= 15 is 0 Å². The normalized spacial score (nSPS) is 10.9. The molecule has 2 N–H and O–H groups in total. The average Bonchev–Trinajstić information content (AvgIpc) is 1.59. The number of carbonyl (C=O) groups excluding carboxylic acids is 1. The Balaban J connectivity index is 3.67. The maximum Gasteiger partial charge on any atom is 0.339 e. The van der Waals surface area contributed by atoms with E-state index in [-0.39, 0.29) is 11.0 Å². The third-order valence-corrected chi connectivity index (χ3v) is 1.75. The van der Waals surface area contributed by atoms with Crippen molar-refractivity contribution in [3.63, 3.8) is 0 Å². The van der Waals surface area contributed by atoms with Crippen LogP contribution in [0.5, 0.6) is 0 Å². The van der Waals surface area contributed by atoms with Crippen molar-refractivity contribution in [2.24, 2.45) is 0 Å². The molecule has 0 aliphatic rings. The van der Waals surface area contributed by atoms with Crippen LogP contribution in [0.15, 0.2) is 0 Å². The van der Waals surface area contributed by atoms with Gasteiger partial charge in [-0.3, -0.25) is 14.1 Å². The minimum Gasteiger partial charge on any atom is -0.285 e. The van der Waals surface area contributed by atoms with Crippen LogP contribution in [0.2, 0.25) is 0 Å². The van der Waals surface area contributed by atoms with Crippen LogP contribution in [0, 0.1) is 0 Å². The molecule has 0 unspecified atom stereocenters. The smallest absolute Gasteiger partial charge is 0.285 e. The zero-order valence-corrected chi connectivity index (χ0v) is 6.12. The highest BCUT2D eigenvalue weighted by molar-refractivity contribution is 8.69. The van der Waals surface area contributed by atoms with Crippen LogP contribution in [0.1, 0.15) is 6.92 Å². The van der Waals surface area contributed by atoms with E-state index in [1.165, 1.54) is 0 Å². The van der Waals surface area contributed by atoms with Gasteiger partial charge in [-0.1, -0.05) is 0 Å². The molecule has 1 amide bonds. The molecule has 54 valence electrons.